The lowest BCUT2D eigenvalue weighted by Gasteiger charge is -2.36. The summed E-state index contributed by atoms with van der Waals surface area (Å²) in [6.45, 7) is 14.5. The summed E-state index contributed by atoms with van der Waals surface area (Å²) in [5.41, 5.74) is 0.714. The van der Waals surface area contributed by atoms with E-state index in [2.05, 4.69) is 43.9 Å². The zero-order chi connectivity index (χ0) is 25.7. The van der Waals surface area contributed by atoms with Crippen molar-refractivity contribution in [2.24, 2.45) is 0 Å². The van der Waals surface area contributed by atoms with Gasteiger partial charge in [0.15, 0.2) is 8.32 Å². The van der Waals surface area contributed by atoms with Gasteiger partial charge in [0.1, 0.15) is 17.5 Å². The Hall–Kier alpha value is -1.75. The van der Waals surface area contributed by atoms with Crippen molar-refractivity contribution in [2.75, 3.05) is 19.8 Å². The van der Waals surface area contributed by atoms with Crippen LogP contribution in [0.1, 0.15) is 58.7 Å². The fourth-order valence-corrected chi connectivity index (χ4v) is 4.23. The van der Waals surface area contributed by atoms with Gasteiger partial charge in [-0.2, -0.15) is 8.78 Å². The third-order valence-electron chi connectivity index (χ3n) is 5.95. The first-order chi connectivity index (χ1) is 15.6. The van der Waals surface area contributed by atoms with Gasteiger partial charge in [0.25, 0.3) is 0 Å². The van der Waals surface area contributed by atoms with E-state index < -0.39 is 38.8 Å². The van der Waals surface area contributed by atoms with Crippen molar-refractivity contribution in [1.29, 1.82) is 0 Å². The van der Waals surface area contributed by atoms with Gasteiger partial charge in [-0.3, -0.25) is 0 Å². The Morgan fingerprint density at radius 1 is 1.18 bits per heavy atom. The number of alkyl carbamates (subject to hydrolysis) is 1. The van der Waals surface area contributed by atoms with E-state index in [1.807, 2.05) is 0 Å². The molecule has 10 heteroatoms. The third-order valence-corrected chi connectivity index (χ3v) is 10.5. The summed E-state index contributed by atoms with van der Waals surface area (Å²) >= 11 is 0. The maximum Gasteiger partial charge on any atom is 0.408 e. The molecular weight excluding hydrogens is 464 g/mol. The first-order valence-corrected chi connectivity index (χ1v) is 14.4. The second-order valence-corrected chi connectivity index (χ2v) is 15.7. The molecule has 7 nitrogen and oxygen atoms in total. The lowest BCUT2D eigenvalue weighted by atomic mass is 9.94. The van der Waals surface area contributed by atoms with Crippen molar-refractivity contribution < 1.29 is 36.9 Å². The molecule has 1 N–H and O–H groups in total. The van der Waals surface area contributed by atoms with Crippen LogP contribution in [0.5, 0.6) is 5.75 Å². The average molecular weight is 504 g/mol. The molecule has 1 aromatic rings. The van der Waals surface area contributed by atoms with Crippen LogP contribution in [0.15, 0.2) is 18.2 Å². The van der Waals surface area contributed by atoms with E-state index >= 15 is 0 Å². The molecule has 1 aliphatic heterocycles. The summed E-state index contributed by atoms with van der Waals surface area (Å²) in [6.07, 6.45) is -1.09. The van der Waals surface area contributed by atoms with E-state index in [4.69, 9.17) is 18.6 Å². The van der Waals surface area contributed by atoms with Crippen LogP contribution in [0.3, 0.4) is 0 Å². The van der Waals surface area contributed by atoms with Gasteiger partial charge in [-0.1, -0.05) is 26.8 Å². The van der Waals surface area contributed by atoms with Crippen molar-refractivity contribution in [2.45, 2.75) is 90.6 Å². The smallest absolute Gasteiger partial charge is 0.408 e. The van der Waals surface area contributed by atoms with Gasteiger partial charge < -0.3 is 28.7 Å². The molecule has 1 heterocycles. The van der Waals surface area contributed by atoms with Gasteiger partial charge in [0.05, 0.1) is 32.5 Å². The minimum absolute atomic E-state index is 0.0332. The maximum absolute atomic E-state index is 12.6. The average Bonchev–Trinajstić information content (AvgIpc) is 2.66. The summed E-state index contributed by atoms with van der Waals surface area (Å²) in [5.74, 6) is 0.0332. The van der Waals surface area contributed by atoms with Gasteiger partial charge in [0.2, 0.25) is 0 Å². The second-order valence-electron chi connectivity index (χ2n) is 10.9. The van der Waals surface area contributed by atoms with Gasteiger partial charge in [0, 0.05) is 0 Å². The zero-order valence-electron chi connectivity index (χ0n) is 21.5. The van der Waals surface area contributed by atoms with Crippen molar-refractivity contribution in [1.82, 2.24) is 5.32 Å². The monoisotopic (exact) mass is 503 g/mol. The summed E-state index contributed by atoms with van der Waals surface area (Å²) in [5, 5.41) is 2.96. The SMILES string of the molecule is CC(C)(C)OC(=O)N[C@H]1c2ccc(OC(F)F)cc2CO[C@H]1COCCO[Si](C)(C)C(C)(C)C. The van der Waals surface area contributed by atoms with E-state index in [1.165, 1.54) is 12.1 Å². The number of ether oxygens (including phenoxy) is 4. The minimum Gasteiger partial charge on any atom is -0.444 e. The van der Waals surface area contributed by atoms with Crippen LogP contribution >= 0.6 is 0 Å². The quantitative estimate of drug-likeness (QED) is 0.340. The van der Waals surface area contributed by atoms with Crippen molar-refractivity contribution >= 4 is 14.4 Å². The molecule has 0 saturated heterocycles. The van der Waals surface area contributed by atoms with Gasteiger partial charge in [-0.15, -0.1) is 0 Å². The first-order valence-electron chi connectivity index (χ1n) is 11.5. The number of fused-ring (bicyclic) bond motifs is 1. The third kappa shape index (κ3) is 8.48. The number of benzene rings is 1. The second kappa shape index (κ2) is 11.3. The Morgan fingerprint density at radius 2 is 1.85 bits per heavy atom. The topological polar surface area (TPSA) is 75.3 Å². The Morgan fingerprint density at radius 3 is 2.44 bits per heavy atom. The van der Waals surface area contributed by atoms with Crippen molar-refractivity contribution in [3.05, 3.63) is 29.3 Å². The lowest BCUT2D eigenvalue weighted by Crippen LogP contribution is -2.45. The first kappa shape index (κ1) is 28.5. The summed E-state index contributed by atoms with van der Waals surface area (Å²) in [4.78, 5) is 12.5. The van der Waals surface area contributed by atoms with Crippen molar-refractivity contribution in [3.8, 4) is 5.75 Å². The summed E-state index contributed by atoms with van der Waals surface area (Å²) in [7, 11) is -1.87. The van der Waals surface area contributed by atoms with Crippen LogP contribution in [0.2, 0.25) is 18.1 Å². The van der Waals surface area contributed by atoms with Crippen LogP contribution in [-0.2, 0) is 25.2 Å². The normalized spacial score (nSPS) is 19.0. The number of nitrogens with one attached hydrogen (secondary N) is 1. The maximum atomic E-state index is 12.6. The number of hydrogen-bond donors (Lipinski definition) is 1. The molecular formula is C24H39F2NO6Si. The molecule has 0 bridgehead atoms. The number of amides is 1. The molecule has 0 aliphatic carbocycles. The van der Waals surface area contributed by atoms with Gasteiger partial charge in [-0.25, -0.2) is 4.79 Å². The predicted octanol–water partition coefficient (Wildman–Crippen LogP) is 5.79. The van der Waals surface area contributed by atoms with Gasteiger partial charge in [-0.05, 0) is 62.2 Å². The molecule has 1 aliphatic rings. The van der Waals surface area contributed by atoms with Crippen LogP contribution in [0, 0.1) is 0 Å². The predicted molar refractivity (Wildman–Crippen MR) is 128 cm³/mol. The molecule has 0 unspecified atom stereocenters. The van der Waals surface area contributed by atoms with E-state index in [1.54, 1.807) is 26.8 Å². The number of carbonyl (C=O) groups is 1. The lowest BCUT2D eigenvalue weighted by molar-refractivity contribution is -0.0603. The number of hydrogen-bond acceptors (Lipinski definition) is 6. The van der Waals surface area contributed by atoms with Crippen LogP contribution in [0.25, 0.3) is 0 Å². The number of halogens is 2. The molecule has 1 amide bonds. The number of carbonyl (C=O) groups excluding carboxylic acids is 1. The fourth-order valence-electron chi connectivity index (χ4n) is 3.20. The zero-order valence-corrected chi connectivity index (χ0v) is 22.5. The highest BCUT2D eigenvalue weighted by Gasteiger charge is 2.37. The Balaban J connectivity index is 2.07. The molecule has 194 valence electrons. The van der Waals surface area contributed by atoms with Crippen molar-refractivity contribution in [3.63, 3.8) is 0 Å². The molecule has 0 aromatic heterocycles. The van der Waals surface area contributed by atoms with E-state index in [-0.39, 0.29) is 24.0 Å². The highest BCUT2D eigenvalue weighted by Crippen LogP contribution is 2.36. The van der Waals surface area contributed by atoms with E-state index in [0.29, 0.717) is 18.8 Å². The number of rotatable bonds is 9. The fraction of sp³-hybridized carbons (Fsp3) is 0.708. The molecule has 0 fully saturated rings. The Labute approximate surface area is 202 Å². The standard InChI is InChI=1S/C24H39F2NO6Si/c1-23(2,3)33-22(28)27-20-18-10-9-17(32-21(25)26)13-16(18)14-30-19(20)15-29-11-12-31-34(7,8)24(4,5)6/h9-10,13,19-21H,11-12,14-15H2,1-8H3,(H,27,28)/t19-,20-/m0/s1. The highest BCUT2D eigenvalue weighted by atomic mass is 28.4. The molecule has 2 rings (SSSR count). The molecule has 2 atom stereocenters. The van der Waals surface area contributed by atoms with Crippen LogP contribution < -0.4 is 10.1 Å². The summed E-state index contributed by atoms with van der Waals surface area (Å²) in [6, 6.07) is 4.02. The molecule has 0 saturated carbocycles. The largest absolute Gasteiger partial charge is 0.444 e. The molecule has 1 aromatic carbocycles. The molecule has 34 heavy (non-hydrogen) atoms. The van der Waals surface area contributed by atoms with Gasteiger partial charge >= 0.3 is 12.7 Å². The minimum atomic E-state index is -2.92. The molecule has 0 radical (unpaired) electrons. The number of alkyl halides is 2. The highest BCUT2D eigenvalue weighted by molar-refractivity contribution is 6.74. The molecule has 0 spiro atoms. The van der Waals surface area contributed by atoms with Crippen LogP contribution in [0.4, 0.5) is 13.6 Å². The summed E-state index contributed by atoms with van der Waals surface area (Å²) < 4.78 is 53.0. The Bertz CT molecular complexity index is 823. The van der Waals surface area contributed by atoms with E-state index in [0.717, 1.165) is 5.56 Å². The van der Waals surface area contributed by atoms with Crippen LogP contribution in [-0.4, -0.2) is 52.5 Å². The van der Waals surface area contributed by atoms with E-state index in [9.17, 15) is 13.6 Å². The Kier molecular flexibility index (Phi) is 9.49.